The zero-order valence-corrected chi connectivity index (χ0v) is 10.4. The molecule has 0 fully saturated rings. The molecule has 1 unspecified atom stereocenters. The van der Waals surface area contributed by atoms with Crippen LogP contribution in [0.3, 0.4) is 0 Å². The number of nitrogens with zero attached hydrogens (tertiary/aromatic N) is 2. The molecule has 0 bridgehead atoms. The van der Waals surface area contributed by atoms with Gasteiger partial charge in [0.2, 0.25) is 0 Å². The van der Waals surface area contributed by atoms with Crippen molar-refractivity contribution in [1.82, 2.24) is 15.1 Å². The van der Waals surface area contributed by atoms with Gasteiger partial charge in [-0.05, 0) is 37.9 Å². The fourth-order valence-corrected chi connectivity index (χ4v) is 1.51. The maximum absolute atomic E-state index is 4.24. The molecule has 0 amide bonds. The fraction of sp³-hybridized carbons (Fsp3) is 0.750. The van der Waals surface area contributed by atoms with E-state index in [-0.39, 0.29) is 0 Å². The Morgan fingerprint density at radius 1 is 1.53 bits per heavy atom. The molecule has 0 spiro atoms. The van der Waals surface area contributed by atoms with Crippen LogP contribution in [0.5, 0.6) is 0 Å². The molecule has 1 atom stereocenters. The molecule has 0 aliphatic carbocycles. The highest BCUT2D eigenvalue weighted by Crippen LogP contribution is 2.05. The van der Waals surface area contributed by atoms with Gasteiger partial charge in [-0.15, -0.1) is 0 Å². The van der Waals surface area contributed by atoms with Gasteiger partial charge in [0.05, 0.1) is 6.20 Å². The summed E-state index contributed by atoms with van der Waals surface area (Å²) >= 11 is 0. The van der Waals surface area contributed by atoms with Crippen molar-refractivity contribution in [3.05, 3.63) is 17.5 Å². The lowest BCUT2D eigenvalue weighted by Crippen LogP contribution is -2.23. The van der Waals surface area contributed by atoms with Gasteiger partial charge in [0.1, 0.15) is 0 Å². The van der Waals surface area contributed by atoms with Gasteiger partial charge in [-0.25, -0.2) is 0 Å². The lowest BCUT2D eigenvalue weighted by atomic mass is 10.1. The van der Waals surface area contributed by atoms with Crippen LogP contribution in [0.4, 0.5) is 0 Å². The van der Waals surface area contributed by atoms with Crippen LogP contribution in [0.25, 0.3) is 0 Å². The average Bonchev–Trinajstić information content (AvgIpc) is 2.55. The molecule has 15 heavy (non-hydrogen) atoms. The van der Waals surface area contributed by atoms with Crippen LogP contribution >= 0.6 is 0 Å². The fourth-order valence-electron chi connectivity index (χ4n) is 1.51. The van der Waals surface area contributed by atoms with Crippen molar-refractivity contribution in [3.8, 4) is 0 Å². The minimum Gasteiger partial charge on any atom is -0.316 e. The minimum atomic E-state index is 0.778. The van der Waals surface area contributed by atoms with E-state index < -0.39 is 0 Å². The summed E-state index contributed by atoms with van der Waals surface area (Å²) < 4.78 is 1.93. The number of hydrogen-bond donors (Lipinski definition) is 1. The first-order chi connectivity index (χ1) is 7.15. The normalized spacial score (nSPS) is 13.1. The third-order valence-electron chi connectivity index (χ3n) is 3.10. The average molecular weight is 209 g/mol. The smallest absolute Gasteiger partial charge is 0.0524 e. The second kappa shape index (κ2) is 5.91. The molecular weight excluding hydrogens is 186 g/mol. The predicted octanol–water partition coefficient (Wildman–Crippen LogP) is 1.91. The summed E-state index contributed by atoms with van der Waals surface area (Å²) in [5.74, 6) is 0.778. The van der Waals surface area contributed by atoms with Gasteiger partial charge >= 0.3 is 0 Å². The van der Waals surface area contributed by atoms with E-state index in [9.17, 15) is 0 Å². The predicted molar refractivity (Wildman–Crippen MR) is 64.0 cm³/mol. The van der Waals surface area contributed by atoms with Crippen molar-refractivity contribution >= 4 is 0 Å². The van der Waals surface area contributed by atoms with Gasteiger partial charge in [0.15, 0.2) is 0 Å². The molecule has 0 radical (unpaired) electrons. The Kier molecular flexibility index (Phi) is 4.82. The highest BCUT2D eigenvalue weighted by Gasteiger charge is 2.03. The Labute approximate surface area is 92.9 Å². The van der Waals surface area contributed by atoms with Crippen LogP contribution in [-0.2, 0) is 13.5 Å². The van der Waals surface area contributed by atoms with Crippen LogP contribution in [0.1, 0.15) is 31.5 Å². The van der Waals surface area contributed by atoms with E-state index in [1.165, 1.54) is 17.7 Å². The standard InChI is InChI=1S/C12H23N3/c1-5-10(2)8-13-7-6-12-9-14-15(4)11(12)3/h9-10,13H,5-8H2,1-4H3. The van der Waals surface area contributed by atoms with Crippen LogP contribution in [0, 0.1) is 12.8 Å². The van der Waals surface area contributed by atoms with Gasteiger partial charge in [0.25, 0.3) is 0 Å². The summed E-state index contributed by atoms with van der Waals surface area (Å²) in [5.41, 5.74) is 2.63. The molecule has 3 nitrogen and oxygen atoms in total. The molecule has 0 aliphatic rings. The van der Waals surface area contributed by atoms with E-state index in [4.69, 9.17) is 0 Å². The van der Waals surface area contributed by atoms with Gasteiger partial charge in [-0.1, -0.05) is 20.3 Å². The third-order valence-corrected chi connectivity index (χ3v) is 3.10. The third kappa shape index (κ3) is 3.67. The molecule has 0 saturated heterocycles. The van der Waals surface area contributed by atoms with Crippen molar-refractivity contribution in [3.63, 3.8) is 0 Å². The van der Waals surface area contributed by atoms with Gasteiger partial charge < -0.3 is 5.32 Å². The summed E-state index contributed by atoms with van der Waals surface area (Å²) in [6.45, 7) is 8.81. The largest absolute Gasteiger partial charge is 0.316 e. The Hall–Kier alpha value is -0.830. The minimum absolute atomic E-state index is 0.778. The molecule has 3 heteroatoms. The van der Waals surface area contributed by atoms with E-state index >= 15 is 0 Å². The summed E-state index contributed by atoms with van der Waals surface area (Å²) in [6, 6.07) is 0. The lowest BCUT2D eigenvalue weighted by Gasteiger charge is -2.09. The topological polar surface area (TPSA) is 29.9 Å². The number of aromatic nitrogens is 2. The van der Waals surface area contributed by atoms with Crippen molar-refractivity contribution in [2.24, 2.45) is 13.0 Å². The zero-order valence-electron chi connectivity index (χ0n) is 10.4. The number of hydrogen-bond acceptors (Lipinski definition) is 2. The first-order valence-electron chi connectivity index (χ1n) is 5.83. The maximum atomic E-state index is 4.24. The van der Waals surface area contributed by atoms with Crippen molar-refractivity contribution in [2.45, 2.75) is 33.6 Å². The van der Waals surface area contributed by atoms with Crippen LogP contribution in [0.2, 0.25) is 0 Å². The van der Waals surface area contributed by atoms with Crippen molar-refractivity contribution < 1.29 is 0 Å². The molecule has 1 rings (SSSR count). The quantitative estimate of drug-likeness (QED) is 0.725. The number of aryl methyl sites for hydroxylation is 1. The van der Waals surface area contributed by atoms with Gasteiger partial charge in [-0.2, -0.15) is 5.10 Å². The van der Waals surface area contributed by atoms with Crippen LogP contribution < -0.4 is 5.32 Å². The number of nitrogens with one attached hydrogen (secondary N) is 1. The Morgan fingerprint density at radius 3 is 2.80 bits per heavy atom. The maximum Gasteiger partial charge on any atom is 0.0524 e. The summed E-state index contributed by atoms with van der Waals surface area (Å²) in [4.78, 5) is 0. The van der Waals surface area contributed by atoms with Gasteiger partial charge in [0, 0.05) is 12.7 Å². The summed E-state index contributed by atoms with van der Waals surface area (Å²) in [6.07, 6.45) is 4.30. The molecule has 1 heterocycles. The molecule has 0 saturated carbocycles. The molecule has 86 valence electrons. The molecule has 1 N–H and O–H groups in total. The highest BCUT2D eigenvalue weighted by molar-refractivity contribution is 5.15. The van der Waals surface area contributed by atoms with E-state index in [2.05, 4.69) is 31.2 Å². The highest BCUT2D eigenvalue weighted by atomic mass is 15.3. The van der Waals surface area contributed by atoms with Crippen LogP contribution in [0.15, 0.2) is 6.20 Å². The van der Waals surface area contributed by atoms with E-state index in [0.29, 0.717) is 0 Å². The second-order valence-corrected chi connectivity index (χ2v) is 4.35. The van der Waals surface area contributed by atoms with E-state index in [1.807, 2.05) is 17.9 Å². The SMILES string of the molecule is CCC(C)CNCCc1cnn(C)c1C. The lowest BCUT2D eigenvalue weighted by molar-refractivity contribution is 0.502. The zero-order chi connectivity index (χ0) is 11.3. The number of rotatable bonds is 6. The molecule has 1 aromatic heterocycles. The monoisotopic (exact) mass is 209 g/mol. The molecule has 1 aromatic rings. The van der Waals surface area contributed by atoms with Crippen LogP contribution in [-0.4, -0.2) is 22.9 Å². The van der Waals surface area contributed by atoms with Gasteiger partial charge in [-0.3, -0.25) is 4.68 Å². The Balaban J connectivity index is 2.23. The Bertz CT molecular complexity index is 291. The molecular formula is C12H23N3. The Morgan fingerprint density at radius 2 is 2.27 bits per heavy atom. The second-order valence-electron chi connectivity index (χ2n) is 4.35. The first-order valence-corrected chi connectivity index (χ1v) is 5.83. The first kappa shape index (κ1) is 12.2. The van der Waals surface area contributed by atoms with E-state index in [0.717, 1.165) is 25.4 Å². The van der Waals surface area contributed by atoms with Crippen molar-refractivity contribution in [1.29, 1.82) is 0 Å². The molecule has 0 aliphatic heterocycles. The summed E-state index contributed by atoms with van der Waals surface area (Å²) in [7, 11) is 1.99. The van der Waals surface area contributed by atoms with E-state index in [1.54, 1.807) is 0 Å². The van der Waals surface area contributed by atoms with Crippen molar-refractivity contribution in [2.75, 3.05) is 13.1 Å². The summed E-state index contributed by atoms with van der Waals surface area (Å²) in [5, 5.41) is 7.72. The molecule has 0 aromatic carbocycles.